The Morgan fingerprint density at radius 2 is 2.15 bits per heavy atom. The third-order valence-electron chi connectivity index (χ3n) is 1.83. The number of imidazole rings is 1. The molecule has 0 spiro atoms. The fourth-order valence-corrected chi connectivity index (χ4v) is 1.54. The van der Waals surface area contributed by atoms with Gasteiger partial charge in [-0.1, -0.05) is 6.07 Å². The number of benzene rings is 1. The Bertz CT molecular complexity index is 439. The summed E-state index contributed by atoms with van der Waals surface area (Å²) < 4.78 is 24.8. The standard InChI is InChI=1S/C8H6F2N2S/c9-8(10)4-1-2-5-6(7(4)13)12-3-11-5/h1-3,8,13H,(H,11,12). The second kappa shape index (κ2) is 2.99. The van der Waals surface area contributed by atoms with E-state index in [1.165, 1.54) is 12.4 Å². The molecular formula is C8H6F2N2S. The van der Waals surface area contributed by atoms with Crippen LogP contribution in [0.3, 0.4) is 0 Å². The molecule has 0 aliphatic heterocycles. The van der Waals surface area contributed by atoms with Gasteiger partial charge in [0.25, 0.3) is 6.43 Å². The maximum Gasteiger partial charge on any atom is 0.264 e. The van der Waals surface area contributed by atoms with E-state index in [-0.39, 0.29) is 10.5 Å². The third kappa shape index (κ3) is 1.29. The second-order valence-electron chi connectivity index (χ2n) is 2.60. The second-order valence-corrected chi connectivity index (χ2v) is 3.05. The van der Waals surface area contributed by atoms with E-state index in [1.54, 1.807) is 6.07 Å². The van der Waals surface area contributed by atoms with Crippen molar-refractivity contribution in [1.29, 1.82) is 0 Å². The predicted octanol–water partition coefficient (Wildman–Crippen LogP) is 2.79. The summed E-state index contributed by atoms with van der Waals surface area (Å²) in [7, 11) is 0. The molecule has 0 saturated carbocycles. The van der Waals surface area contributed by atoms with Gasteiger partial charge in [-0.15, -0.1) is 12.6 Å². The molecule has 0 unspecified atom stereocenters. The van der Waals surface area contributed by atoms with E-state index in [4.69, 9.17) is 0 Å². The zero-order chi connectivity index (χ0) is 9.42. The van der Waals surface area contributed by atoms with Crippen molar-refractivity contribution < 1.29 is 8.78 Å². The number of aromatic amines is 1. The van der Waals surface area contributed by atoms with Crippen LogP contribution in [0.4, 0.5) is 8.78 Å². The van der Waals surface area contributed by atoms with E-state index in [0.29, 0.717) is 5.52 Å². The molecule has 0 fully saturated rings. The molecule has 1 heterocycles. The molecule has 0 radical (unpaired) electrons. The molecule has 5 heteroatoms. The Morgan fingerprint density at radius 3 is 2.85 bits per heavy atom. The van der Waals surface area contributed by atoms with Crippen LogP contribution in [-0.4, -0.2) is 9.97 Å². The quantitative estimate of drug-likeness (QED) is 0.681. The summed E-state index contributed by atoms with van der Waals surface area (Å²) in [5, 5.41) is 0. The van der Waals surface area contributed by atoms with E-state index in [0.717, 1.165) is 5.52 Å². The number of rotatable bonds is 1. The van der Waals surface area contributed by atoms with Gasteiger partial charge < -0.3 is 4.98 Å². The lowest BCUT2D eigenvalue weighted by Crippen LogP contribution is -1.87. The van der Waals surface area contributed by atoms with Crippen LogP contribution in [0.1, 0.15) is 12.0 Å². The number of aromatic nitrogens is 2. The first-order chi connectivity index (χ1) is 6.20. The van der Waals surface area contributed by atoms with Crippen LogP contribution >= 0.6 is 12.6 Å². The summed E-state index contributed by atoms with van der Waals surface area (Å²) in [5.41, 5.74) is 1.12. The molecule has 1 N–H and O–H groups in total. The van der Waals surface area contributed by atoms with Crippen LogP contribution in [0.15, 0.2) is 23.4 Å². The topological polar surface area (TPSA) is 28.7 Å². The van der Waals surface area contributed by atoms with Crippen molar-refractivity contribution in [2.24, 2.45) is 0 Å². The van der Waals surface area contributed by atoms with Crippen LogP contribution < -0.4 is 0 Å². The third-order valence-corrected chi connectivity index (χ3v) is 2.30. The molecule has 0 aliphatic carbocycles. The Kier molecular flexibility index (Phi) is 1.95. The summed E-state index contributed by atoms with van der Waals surface area (Å²) in [4.78, 5) is 6.96. The molecule has 0 bridgehead atoms. The molecule has 0 aliphatic rings. The van der Waals surface area contributed by atoms with Crippen molar-refractivity contribution in [2.45, 2.75) is 11.3 Å². The average Bonchev–Trinajstić information content (AvgIpc) is 2.52. The normalized spacial score (nSPS) is 11.4. The Balaban J connectivity index is 2.73. The molecule has 0 atom stereocenters. The fourth-order valence-electron chi connectivity index (χ4n) is 1.18. The zero-order valence-electron chi connectivity index (χ0n) is 6.46. The Labute approximate surface area is 78.4 Å². The van der Waals surface area contributed by atoms with Crippen molar-refractivity contribution in [3.63, 3.8) is 0 Å². The summed E-state index contributed by atoms with van der Waals surface area (Å²) in [5.74, 6) is 0. The van der Waals surface area contributed by atoms with Crippen LogP contribution in [0.5, 0.6) is 0 Å². The lowest BCUT2D eigenvalue weighted by Gasteiger charge is -2.03. The van der Waals surface area contributed by atoms with Crippen molar-refractivity contribution in [3.8, 4) is 0 Å². The van der Waals surface area contributed by atoms with Crippen LogP contribution in [0, 0.1) is 0 Å². The highest BCUT2D eigenvalue weighted by molar-refractivity contribution is 7.80. The van der Waals surface area contributed by atoms with Gasteiger partial charge in [0.2, 0.25) is 0 Å². The molecule has 2 rings (SSSR count). The van der Waals surface area contributed by atoms with E-state index < -0.39 is 6.43 Å². The number of thiol groups is 1. The van der Waals surface area contributed by atoms with Crippen molar-refractivity contribution in [1.82, 2.24) is 9.97 Å². The van der Waals surface area contributed by atoms with Gasteiger partial charge in [0.1, 0.15) is 5.52 Å². The fraction of sp³-hybridized carbons (Fsp3) is 0.125. The highest BCUT2D eigenvalue weighted by atomic mass is 32.1. The summed E-state index contributed by atoms with van der Waals surface area (Å²) in [6, 6.07) is 2.93. The number of H-pyrrole nitrogens is 1. The first-order valence-corrected chi connectivity index (χ1v) is 4.08. The van der Waals surface area contributed by atoms with Crippen molar-refractivity contribution in [3.05, 3.63) is 24.0 Å². The van der Waals surface area contributed by atoms with Crippen LogP contribution in [0.2, 0.25) is 0 Å². The summed E-state index contributed by atoms with van der Waals surface area (Å²) in [6.45, 7) is 0. The zero-order valence-corrected chi connectivity index (χ0v) is 7.35. The van der Waals surface area contributed by atoms with Gasteiger partial charge in [-0.3, -0.25) is 0 Å². The van der Waals surface area contributed by atoms with Crippen molar-refractivity contribution >= 4 is 23.7 Å². The minimum atomic E-state index is -2.51. The molecular weight excluding hydrogens is 194 g/mol. The SMILES string of the molecule is FC(F)c1ccc2[nH]cnc2c1S. The molecule has 1 aromatic carbocycles. The monoisotopic (exact) mass is 200 g/mol. The van der Waals surface area contributed by atoms with E-state index in [1.807, 2.05) is 0 Å². The summed E-state index contributed by atoms with van der Waals surface area (Å²) in [6.07, 6.45) is -1.05. The van der Waals surface area contributed by atoms with E-state index in [2.05, 4.69) is 22.6 Å². The first kappa shape index (κ1) is 8.50. The first-order valence-electron chi connectivity index (χ1n) is 3.63. The molecule has 68 valence electrons. The van der Waals surface area contributed by atoms with Gasteiger partial charge >= 0.3 is 0 Å². The van der Waals surface area contributed by atoms with Crippen molar-refractivity contribution in [2.75, 3.05) is 0 Å². The largest absolute Gasteiger partial charge is 0.345 e. The lowest BCUT2D eigenvalue weighted by atomic mass is 10.2. The highest BCUT2D eigenvalue weighted by Gasteiger charge is 2.13. The lowest BCUT2D eigenvalue weighted by molar-refractivity contribution is 0.148. The maximum absolute atomic E-state index is 12.4. The number of alkyl halides is 2. The van der Waals surface area contributed by atoms with Gasteiger partial charge in [-0.25, -0.2) is 13.8 Å². The number of hydrogen-bond acceptors (Lipinski definition) is 2. The molecule has 2 aromatic rings. The number of nitrogens with zero attached hydrogens (tertiary/aromatic N) is 1. The van der Waals surface area contributed by atoms with Gasteiger partial charge in [0, 0.05) is 10.5 Å². The molecule has 2 nitrogen and oxygen atoms in total. The van der Waals surface area contributed by atoms with Gasteiger partial charge in [0.15, 0.2) is 0 Å². The van der Waals surface area contributed by atoms with Crippen LogP contribution in [-0.2, 0) is 0 Å². The van der Waals surface area contributed by atoms with Gasteiger partial charge in [-0.05, 0) is 6.07 Å². The highest BCUT2D eigenvalue weighted by Crippen LogP contribution is 2.30. The minimum absolute atomic E-state index is 0.0806. The van der Waals surface area contributed by atoms with E-state index in [9.17, 15) is 8.78 Å². The molecule has 1 aromatic heterocycles. The minimum Gasteiger partial charge on any atom is -0.345 e. The Hall–Kier alpha value is -1.10. The molecule has 13 heavy (non-hydrogen) atoms. The van der Waals surface area contributed by atoms with Gasteiger partial charge in [0.05, 0.1) is 11.8 Å². The van der Waals surface area contributed by atoms with Gasteiger partial charge in [-0.2, -0.15) is 0 Å². The Morgan fingerprint density at radius 1 is 1.38 bits per heavy atom. The number of nitrogens with one attached hydrogen (secondary N) is 1. The number of fused-ring (bicyclic) bond motifs is 1. The number of hydrogen-bond donors (Lipinski definition) is 2. The molecule has 0 saturated heterocycles. The van der Waals surface area contributed by atoms with E-state index >= 15 is 0 Å². The van der Waals surface area contributed by atoms with Crippen LogP contribution in [0.25, 0.3) is 11.0 Å². The summed E-state index contributed by atoms with van der Waals surface area (Å²) >= 11 is 4.01. The maximum atomic E-state index is 12.4. The predicted molar refractivity (Wildman–Crippen MR) is 48.3 cm³/mol. The average molecular weight is 200 g/mol. The smallest absolute Gasteiger partial charge is 0.264 e. The molecule has 0 amide bonds. The number of halogens is 2.